The highest BCUT2D eigenvalue weighted by Crippen LogP contribution is 2.67. The van der Waals surface area contributed by atoms with Crippen molar-refractivity contribution in [3.63, 3.8) is 0 Å². The second-order valence-electron chi connectivity index (χ2n) is 29.4. The van der Waals surface area contributed by atoms with Crippen LogP contribution < -0.4 is 9.47 Å². The van der Waals surface area contributed by atoms with Crippen LogP contribution in [0.25, 0.3) is 0 Å². The molecule has 4 nitrogen and oxygen atoms in total. The van der Waals surface area contributed by atoms with Gasteiger partial charge in [-0.3, -0.25) is 0 Å². The topological polar surface area (TPSA) is 52.6 Å². The number of hydrogen-bond acceptors (Lipinski definition) is 6. The molecule has 0 aliphatic carbocycles. The molecule has 0 heterocycles. The standard InChI is InChI=1S/C70H64F34O4S2/c1-51(2,3)39-31-41(47(35-19-15-13-16-20-35)109-29-27-55(71,72)57(75,76)59(79,80)61(83,84)63(87,88)65(91,92)67(95,96)69(99,100)101)45(43(33-39)53(7,8)9)107-49(105)37-23-25-38(26-24-37)50(106)108-46-42(32-40(52(4,5)6)34-44(46)54(10,11)12)48(36-21-17-14-18-22-36)110-30-28-56(73,74)58(77,78)60(81,82)62(85,86)64(89,90)66(93,94)68(97,98)70(102,103)104/h13-26,31-34,47-48H,27-30H2,1-12H3. The van der Waals surface area contributed by atoms with Gasteiger partial charge in [-0.1, -0.05) is 168 Å². The lowest BCUT2D eigenvalue weighted by Gasteiger charge is -2.42. The van der Waals surface area contributed by atoms with Gasteiger partial charge in [-0.25, -0.2) is 9.59 Å². The molecule has 5 aromatic rings. The predicted molar refractivity (Wildman–Crippen MR) is 336 cm³/mol. The van der Waals surface area contributed by atoms with Gasteiger partial charge in [0.1, 0.15) is 11.5 Å². The molecule has 618 valence electrons. The molecule has 0 aliphatic rings. The molecule has 2 unspecified atom stereocenters. The number of thioether (sulfide) groups is 2. The van der Waals surface area contributed by atoms with Gasteiger partial charge in [0.05, 0.1) is 21.6 Å². The Balaban J connectivity index is 1.60. The third kappa shape index (κ3) is 16.7. The van der Waals surface area contributed by atoms with E-state index in [9.17, 15) is 124 Å². The molecule has 0 aliphatic heterocycles. The first kappa shape index (κ1) is 94.0. The quantitative estimate of drug-likeness (QED) is 0.0283. The van der Waals surface area contributed by atoms with Gasteiger partial charge in [-0.2, -0.15) is 149 Å². The number of hydrogen-bond donors (Lipinski definition) is 0. The zero-order valence-electron chi connectivity index (χ0n) is 58.7. The van der Waals surface area contributed by atoms with Crippen molar-refractivity contribution in [2.45, 2.75) is 223 Å². The van der Waals surface area contributed by atoms with E-state index >= 15 is 35.1 Å². The number of esters is 2. The van der Waals surface area contributed by atoms with E-state index in [1.807, 2.05) is 0 Å². The van der Waals surface area contributed by atoms with Gasteiger partial charge in [-0.05, 0) is 68.2 Å². The number of ether oxygens (including phenoxy) is 2. The Kier molecular flexibility index (Phi) is 25.6. The van der Waals surface area contributed by atoms with Gasteiger partial charge in [0.25, 0.3) is 0 Å². The van der Waals surface area contributed by atoms with Crippen LogP contribution in [-0.2, 0) is 21.7 Å². The van der Waals surface area contributed by atoms with Crippen molar-refractivity contribution >= 4 is 35.5 Å². The van der Waals surface area contributed by atoms with E-state index in [1.165, 1.54) is 126 Å². The van der Waals surface area contributed by atoms with Crippen molar-refractivity contribution in [3.8, 4) is 11.5 Å². The summed E-state index contributed by atoms with van der Waals surface area (Å²) >= 11 is 0.0618. The summed E-state index contributed by atoms with van der Waals surface area (Å²) in [7, 11) is 0. The molecule has 0 N–H and O–H groups in total. The molecule has 5 rings (SSSR count). The smallest absolute Gasteiger partial charge is 0.422 e. The number of rotatable bonds is 28. The predicted octanol–water partition coefficient (Wildman–Crippen LogP) is 25.8. The van der Waals surface area contributed by atoms with Crippen molar-refractivity contribution in [1.29, 1.82) is 0 Å². The molecule has 0 amide bonds. The molecule has 0 saturated heterocycles. The van der Waals surface area contributed by atoms with Crippen LogP contribution in [0.3, 0.4) is 0 Å². The van der Waals surface area contributed by atoms with E-state index in [0.29, 0.717) is 11.1 Å². The first-order valence-corrected chi connectivity index (χ1v) is 33.6. The Labute approximate surface area is 613 Å². The van der Waals surface area contributed by atoms with Gasteiger partial charge in [0, 0.05) is 46.6 Å². The third-order valence-corrected chi connectivity index (χ3v) is 19.7. The number of halogens is 34. The van der Waals surface area contributed by atoms with Crippen LogP contribution in [0.15, 0.2) is 109 Å². The summed E-state index contributed by atoms with van der Waals surface area (Å²) in [5.41, 5.74) is -5.42. The molecule has 0 spiro atoms. The minimum atomic E-state index is -8.87. The second-order valence-corrected chi connectivity index (χ2v) is 31.8. The maximum absolute atomic E-state index is 15.6. The first-order valence-electron chi connectivity index (χ1n) is 31.5. The van der Waals surface area contributed by atoms with Crippen LogP contribution in [0, 0.1) is 0 Å². The lowest BCUT2D eigenvalue weighted by atomic mass is 9.78. The average Bonchev–Trinajstić information content (AvgIpc) is 0.698. The minimum Gasteiger partial charge on any atom is -0.422 e. The van der Waals surface area contributed by atoms with E-state index in [4.69, 9.17) is 9.47 Å². The number of carbonyl (C=O) groups is 2. The van der Waals surface area contributed by atoms with Gasteiger partial charge in [0.15, 0.2) is 0 Å². The summed E-state index contributed by atoms with van der Waals surface area (Å²) in [6, 6.07) is 21.7. The van der Waals surface area contributed by atoms with Crippen molar-refractivity contribution < 1.29 is 168 Å². The summed E-state index contributed by atoms with van der Waals surface area (Å²) in [4.78, 5) is 29.1. The van der Waals surface area contributed by atoms with Crippen LogP contribution in [-0.4, -0.2) is 119 Å². The van der Waals surface area contributed by atoms with E-state index in [-0.39, 0.29) is 56.9 Å². The Morgan fingerprint density at radius 2 is 0.527 bits per heavy atom. The Bertz CT molecular complexity index is 3810. The highest BCUT2D eigenvalue weighted by Gasteiger charge is 2.97. The molecular weight excluding hydrogens is 1610 g/mol. The molecule has 110 heavy (non-hydrogen) atoms. The van der Waals surface area contributed by atoms with Crippen LogP contribution in [0.5, 0.6) is 11.5 Å². The van der Waals surface area contributed by atoms with Crippen molar-refractivity contribution in [1.82, 2.24) is 0 Å². The first-order chi connectivity index (χ1) is 48.8. The molecule has 40 heteroatoms. The van der Waals surface area contributed by atoms with Gasteiger partial charge >= 0.3 is 107 Å². The minimum absolute atomic E-state index is 0.0309. The van der Waals surface area contributed by atoms with Gasteiger partial charge in [-0.15, -0.1) is 23.5 Å². The molecule has 0 fully saturated rings. The summed E-state index contributed by atoms with van der Waals surface area (Å²) in [6.45, 7) is 18.7. The van der Waals surface area contributed by atoms with Crippen molar-refractivity contribution in [2.75, 3.05) is 11.5 Å². The summed E-state index contributed by atoms with van der Waals surface area (Å²) in [5, 5.41) is -3.39. The summed E-state index contributed by atoms with van der Waals surface area (Å²) < 4.78 is 498. The fourth-order valence-corrected chi connectivity index (χ4v) is 12.9. The van der Waals surface area contributed by atoms with E-state index in [2.05, 4.69) is 0 Å². The maximum Gasteiger partial charge on any atom is 0.460 e. The number of benzene rings is 5. The highest BCUT2D eigenvalue weighted by molar-refractivity contribution is 7.99. The summed E-state index contributed by atoms with van der Waals surface area (Å²) in [5.74, 6) is -124. The van der Waals surface area contributed by atoms with Crippen LogP contribution in [0.4, 0.5) is 149 Å². The molecule has 2 atom stereocenters. The maximum atomic E-state index is 15.6. The number of carbonyl (C=O) groups excluding carboxylic acids is 2. The Hall–Kier alpha value is -6.64. The normalized spacial score (nSPS) is 15.4. The lowest BCUT2D eigenvalue weighted by molar-refractivity contribution is -0.461. The summed E-state index contributed by atoms with van der Waals surface area (Å²) in [6.07, 6.45) is -21.6. The van der Waals surface area contributed by atoms with Crippen molar-refractivity contribution in [2.24, 2.45) is 0 Å². The second kappa shape index (κ2) is 30.0. The molecule has 0 aromatic heterocycles. The van der Waals surface area contributed by atoms with Crippen LogP contribution >= 0.6 is 23.5 Å². The SMILES string of the molecule is CC(C)(C)c1cc(C(SCCC(F)(F)C(F)(F)C(F)(F)C(F)(F)C(F)(F)C(F)(F)C(F)(F)C(F)(F)F)c2ccccc2)c(OC(=O)c2ccc(C(=O)Oc3c(C(SCCC(F)(F)C(F)(F)C(F)(F)C(F)(F)C(F)(F)C(F)(F)C(F)(F)C(F)(F)F)c4ccccc4)cc(C(C)(C)C)cc3C(C)(C)C)cc2)c(C(C)(C)C)c1. The zero-order valence-corrected chi connectivity index (χ0v) is 60.3. The molecule has 0 radical (unpaired) electrons. The fraction of sp³-hybridized carbons (Fsp3) is 0.543. The highest BCUT2D eigenvalue weighted by atomic mass is 32.2. The van der Waals surface area contributed by atoms with Gasteiger partial charge in [0.2, 0.25) is 0 Å². The van der Waals surface area contributed by atoms with E-state index < -0.39 is 186 Å². The largest absolute Gasteiger partial charge is 0.460 e. The Morgan fingerprint density at radius 1 is 0.300 bits per heavy atom. The number of alkyl halides is 34. The zero-order chi connectivity index (χ0) is 85.6. The molecule has 0 bridgehead atoms. The molecule has 0 saturated carbocycles. The van der Waals surface area contributed by atoms with Crippen LogP contribution in [0.1, 0.15) is 172 Å². The Morgan fingerprint density at radius 3 is 0.745 bits per heavy atom. The molecule has 5 aromatic carbocycles. The van der Waals surface area contributed by atoms with Crippen LogP contribution in [0.2, 0.25) is 0 Å². The monoisotopic (exact) mass is 1680 g/mol. The van der Waals surface area contributed by atoms with E-state index in [0.717, 1.165) is 24.3 Å². The fourth-order valence-electron chi connectivity index (χ4n) is 10.2. The lowest BCUT2D eigenvalue weighted by Crippen LogP contribution is -2.74. The van der Waals surface area contributed by atoms with Crippen molar-refractivity contribution in [3.05, 3.63) is 165 Å². The van der Waals surface area contributed by atoms with E-state index in [1.54, 1.807) is 41.5 Å². The van der Waals surface area contributed by atoms with Gasteiger partial charge < -0.3 is 9.47 Å². The third-order valence-electron chi connectivity index (χ3n) is 17.1. The molecular formula is C70H64F34O4S2. The average molecular weight is 1680 g/mol.